The average Bonchev–Trinajstić information content (AvgIpc) is 2.38. The highest BCUT2D eigenvalue weighted by Gasteiger charge is 2.11. The van der Waals surface area contributed by atoms with Crippen LogP contribution in [0, 0.1) is 0 Å². The van der Waals surface area contributed by atoms with Crippen molar-refractivity contribution in [1.29, 1.82) is 0 Å². The van der Waals surface area contributed by atoms with Crippen LogP contribution in [-0.4, -0.2) is 36.0 Å². The van der Waals surface area contributed by atoms with Crippen molar-refractivity contribution in [2.24, 2.45) is 0 Å². The molecule has 1 rings (SSSR count). The molecule has 21 heavy (non-hydrogen) atoms. The molecule has 0 saturated heterocycles. The summed E-state index contributed by atoms with van der Waals surface area (Å²) in [6, 6.07) is 9.11. The summed E-state index contributed by atoms with van der Waals surface area (Å²) in [6.45, 7) is 13.3. The standard InChI is InChI=1S/C17H29N3O/c1-13(2)20(14(3)4)11-10-18-12-16-6-8-17(9-7-16)19-15(5)21/h6-9,13-14,18H,10-12H2,1-5H3,(H,19,21). The third-order valence-corrected chi connectivity index (χ3v) is 3.48. The van der Waals surface area contributed by atoms with E-state index in [2.05, 4.69) is 43.2 Å². The number of rotatable bonds is 8. The van der Waals surface area contributed by atoms with Gasteiger partial charge >= 0.3 is 0 Å². The summed E-state index contributed by atoms with van der Waals surface area (Å²) in [5.74, 6) is -0.0386. The Morgan fingerprint density at radius 3 is 2.14 bits per heavy atom. The van der Waals surface area contributed by atoms with Crippen molar-refractivity contribution in [3.05, 3.63) is 29.8 Å². The highest BCUT2D eigenvalue weighted by molar-refractivity contribution is 5.88. The zero-order chi connectivity index (χ0) is 15.8. The van der Waals surface area contributed by atoms with Crippen molar-refractivity contribution in [2.75, 3.05) is 18.4 Å². The lowest BCUT2D eigenvalue weighted by Crippen LogP contribution is -2.41. The molecular weight excluding hydrogens is 262 g/mol. The molecule has 1 aromatic rings. The molecule has 2 N–H and O–H groups in total. The van der Waals surface area contributed by atoms with E-state index in [9.17, 15) is 4.79 Å². The van der Waals surface area contributed by atoms with Crippen molar-refractivity contribution in [3.8, 4) is 0 Å². The number of carbonyl (C=O) groups is 1. The third-order valence-electron chi connectivity index (χ3n) is 3.48. The maximum Gasteiger partial charge on any atom is 0.221 e. The first-order valence-corrected chi connectivity index (χ1v) is 7.73. The molecule has 0 aliphatic rings. The van der Waals surface area contributed by atoms with E-state index in [1.54, 1.807) is 0 Å². The minimum Gasteiger partial charge on any atom is -0.326 e. The Labute approximate surface area is 128 Å². The molecule has 118 valence electrons. The van der Waals surface area contributed by atoms with E-state index in [1.807, 2.05) is 24.3 Å². The molecule has 0 fully saturated rings. The monoisotopic (exact) mass is 291 g/mol. The molecule has 0 bridgehead atoms. The lowest BCUT2D eigenvalue weighted by molar-refractivity contribution is -0.114. The van der Waals surface area contributed by atoms with E-state index in [1.165, 1.54) is 12.5 Å². The molecular formula is C17H29N3O. The molecule has 1 aromatic carbocycles. The lowest BCUT2D eigenvalue weighted by atomic mass is 10.2. The quantitative estimate of drug-likeness (QED) is 0.724. The van der Waals surface area contributed by atoms with Gasteiger partial charge in [0.05, 0.1) is 0 Å². The maximum atomic E-state index is 11.0. The summed E-state index contributed by atoms with van der Waals surface area (Å²) < 4.78 is 0. The first-order chi connectivity index (χ1) is 9.90. The van der Waals surface area contributed by atoms with Crippen LogP contribution in [0.5, 0.6) is 0 Å². The second-order valence-corrected chi connectivity index (χ2v) is 5.98. The van der Waals surface area contributed by atoms with Gasteiger partial charge in [0.1, 0.15) is 0 Å². The Morgan fingerprint density at radius 2 is 1.67 bits per heavy atom. The summed E-state index contributed by atoms with van der Waals surface area (Å²) in [4.78, 5) is 13.4. The number of nitrogens with zero attached hydrogens (tertiary/aromatic N) is 1. The van der Waals surface area contributed by atoms with E-state index in [0.29, 0.717) is 12.1 Å². The molecule has 0 aliphatic heterocycles. The van der Waals surface area contributed by atoms with Gasteiger partial charge in [-0.2, -0.15) is 0 Å². The van der Waals surface area contributed by atoms with Crippen LogP contribution in [0.4, 0.5) is 5.69 Å². The van der Waals surface area contributed by atoms with E-state index in [4.69, 9.17) is 0 Å². The molecule has 0 atom stereocenters. The van der Waals surface area contributed by atoms with Crippen LogP contribution in [0.1, 0.15) is 40.2 Å². The zero-order valence-electron chi connectivity index (χ0n) is 13.9. The number of hydrogen-bond acceptors (Lipinski definition) is 3. The van der Waals surface area contributed by atoms with Crippen LogP contribution >= 0.6 is 0 Å². The van der Waals surface area contributed by atoms with Gasteiger partial charge in [-0.3, -0.25) is 9.69 Å². The number of hydrogen-bond donors (Lipinski definition) is 2. The van der Waals surface area contributed by atoms with Crippen LogP contribution in [0.3, 0.4) is 0 Å². The third kappa shape index (κ3) is 6.74. The first kappa shape index (κ1) is 17.7. The number of carbonyl (C=O) groups excluding carboxylic acids is 1. The Kier molecular flexibility index (Phi) is 7.40. The van der Waals surface area contributed by atoms with Crippen LogP contribution in [0.25, 0.3) is 0 Å². The summed E-state index contributed by atoms with van der Waals surface area (Å²) >= 11 is 0. The predicted molar refractivity (Wildman–Crippen MR) is 89.4 cm³/mol. The van der Waals surface area contributed by atoms with Gasteiger partial charge in [0.2, 0.25) is 5.91 Å². The molecule has 0 unspecified atom stereocenters. The Morgan fingerprint density at radius 1 is 1.10 bits per heavy atom. The van der Waals surface area contributed by atoms with Crippen LogP contribution < -0.4 is 10.6 Å². The van der Waals surface area contributed by atoms with Gasteiger partial charge in [0.25, 0.3) is 0 Å². The molecule has 4 nitrogen and oxygen atoms in total. The van der Waals surface area contributed by atoms with E-state index in [-0.39, 0.29) is 5.91 Å². The van der Waals surface area contributed by atoms with Crippen LogP contribution in [-0.2, 0) is 11.3 Å². The fourth-order valence-electron chi connectivity index (χ4n) is 2.46. The number of benzene rings is 1. The summed E-state index contributed by atoms with van der Waals surface area (Å²) in [7, 11) is 0. The fourth-order valence-corrected chi connectivity index (χ4v) is 2.46. The van der Waals surface area contributed by atoms with Gasteiger partial charge < -0.3 is 10.6 Å². The highest BCUT2D eigenvalue weighted by atomic mass is 16.1. The SMILES string of the molecule is CC(=O)Nc1ccc(CNCCN(C(C)C)C(C)C)cc1. The molecule has 0 spiro atoms. The summed E-state index contributed by atoms with van der Waals surface area (Å²) in [5, 5.41) is 6.25. The van der Waals surface area contributed by atoms with Crippen molar-refractivity contribution in [3.63, 3.8) is 0 Å². The lowest BCUT2D eigenvalue weighted by Gasteiger charge is -2.30. The van der Waals surface area contributed by atoms with Crippen molar-refractivity contribution in [1.82, 2.24) is 10.2 Å². The minimum absolute atomic E-state index is 0.0386. The Hall–Kier alpha value is -1.39. The number of amides is 1. The predicted octanol–water partition coefficient (Wildman–Crippen LogP) is 2.85. The number of nitrogens with one attached hydrogen (secondary N) is 2. The van der Waals surface area contributed by atoms with E-state index in [0.717, 1.165) is 25.3 Å². The largest absolute Gasteiger partial charge is 0.326 e. The molecule has 0 radical (unpaired) electrons. The summed E-state index contributed by atoms with van der Waals surface area (Å²) in [5.41, 5.74) is 2.07. The van der Waals surface area contributed by atoms with Gasteiger partial charge in [-0.15, -0.1) is 0 Å². The molecule has 0 aromatic heterocycles. The van der Waals surface area contributed by atoms with Crippen molar-refractivity contribution < 1.29 is 4.79 Å². The highest BCUT2D eigenvalue weighted by Crippen LogP contribution is 2.09. The van der Waals surface area contributed by atoms with Gasteiger partial charge in [-0.05, 0) is 45.4 Å². The number of anilines is 1. The van der Waals surface area contributed by atoms with Crippen molar-refractivity contribution >= 4 is 11.6 Å². The molecule has 0 saturated carbocycles. The molecule has 1 amide bonds. The topological polar surface area (TPSA) is 44.4 Å². The molecule has 4 heteroatoms. The van der Waals surface area contributed by atoms with Crippen molar-refractivity contribution in [2.45, 2.75) is 53.2 Å². The normalized spacial score (nSPS) is 11.4. The summed E-state index contributed by atoms with van der Waals surface area (Å²) in [6.07, 6.45) is 0. The van der Waals surface area contributed by atoms with Crippen LogP contribution in [0.2, 0.25) is 0 Å². The first-order valence-electron chi connectivity index (χ1n) is 7.73. The molecule has 0 aliphatic carbocycles. The zero-order valence-corrected chi connectivity index (χ0v) is 13.9. The molecule has 0 heterocycles. The Balaban J connectivity index is 2.34. The fraction of sp³-hybridized carbons (Fsp3) is 0.588. The Bertz CT molecular complexity index is 418. The minimum atomic E-state index is -0.0386. The van der Waals surface area contributed by atoms with Gasteiger partial charge in [0.15, 0.2) is 0 Å². The van der Waals surface area contributed by atoms with Gasteiger partial charge in [-0.25, -0.2) is 0 Å². The van der Waals surface area contributed by atoms with Crippen LogP contribution in [0.15, 0.2) is 24.3 Å². The van der Waals surface area contributed by atoms with Gasteiger partial charge in [0, 0.05) is 44.3 Å². The van der Waals surface area contributed by atoms with Gasteiger partial charge in [-0.1, -0.05) is 12.1 Å². The van der Waals surface area contributed by atoms with E-state index < -0.39 is 0 Å². The second kappa shape index (κ2) is 8.80. The van der Waals surface area contributed by atoms with E-state index >= 15 is 0 Å². The second-order valence-electron chi connectivity index (χ2n) is 5.98. The average molecular weight is 291 g/mol. The smallest absolute Gasteiger partial charge is 0.221 e. The maximum absolute atomic E-state index is 11.0.